The summed E-state index contributed by atoms with van der Waals surface area (Å²) < 4.78 is 21.7. The summed E-state index contributed by atoms with van der Waals surface area (Å²) in [4.78, 5) is 44.1. The fourth-order valence-electron chi connectivity index (χ4n) is 6.79. The summed E-state index contributed by atoms with van der Waals surface area (Å²) in [5.74, 6) is -1.55. The number of aliphatic hydroxyl groups excluding tert-OH is 1. The van der Waals surface area contributed by atoms with Crippen molar-refractivity contribution in [2.75, 3.05) is 0 Å². The van der Waals surface area contributed by atoms with Gasteiger partial charge in [0.25, 0.3) is 5.56 Å². The maximum Gasteiger partial charge on any atom is 0.343 e. The topological polar surface area (TPSA) is 131 Å². The molecule has 2 aromatic heterocycles. The number of fused-ring (bicyclic) bond motifs is 5. The van der Waals surface area contributed by atoms with Crippen LogP contribution in [0.15, 0.2) is 16.9 Å². The lowest BCUT2D eigenvalue weighted by Crippen LogP contribution is -2.44. The van der Waals surface area contributed by atoms with Gasteiger partial charge in [0.15, 0.2) is 5.60 Å². The summed E-state index contributed by atoms with van der Waals surface area (Å²) in [6.07, 6.45) is 1.55. The number of carbonyl (C=O) groups is 2. The van der Waals surface area contributed by atoms with Crippen molar-refractivity contribution in [1.82, 2.24) is 14.9 Å². The maximum absolute atomic E-state index is 15.0. The SMILES string of the molecule is CC[C@@]1(O)C(=O)OCc2c1cc1n(c2=O)Cc2c-1nc1cc(F)c(C)c3c1c2[C@@H](NC(=O)[C@H]1C[C@@H](O)C1)CC3. The van der Waals surface area contributed by atoms with Crippen LogP contribution < -0.4 is 10.9 Å². The zero-order chi connectivity index (χ0) is 27.4. The van der Waals surface area contributed by atoms with E-state index in [9.17, 15) is 24.6 Å². The van der Waals surface area contributed by atoms with E-state index in [1.165, 1.54) is 6.07 Å². The molecule has 4 heterocycles. The van der Waals surface area contributed by atoms with E-state index < -0.39 is 17.7 Å². The molecule has 0 unspecified atom stereocenters. The second-order valence-electron chi connectivity index (χ2n) is 11.2. The second kappa shape index (κ2) is 8.19. The lowest BCUT2D eigenvalue weighted by molar-refractivity contribution is -0.172. The van der Waals surface area contributed by atoms with Crippen molar-refractivity contribution in [3.63, 3.8) is 0 Å². The van der Waals surface area contributed by atoms with E-state index in [2.05, 4.69) is 5.32 Å². The number of hydrogen-bond acceptors (Lipinski definition) is 7. The minimum atomic E-state index is -1.95. The Morgan fingerprint density at radius 2 is 2.03 bits per heavy atom. The molecule has 0 radical (unpaired) electrons. The first-order valence-corrected chi connectivity index (χ1v) is 13.4. The monoisotopic (exact) mass is 533 g/mol. The molecule has 4 aliphatic rings. The second-order valence-corrected chi connectivity index (χ2v) is 11.2. The number of aryl methyl sites for hydroxylation is 1. The van der Waals surface area contributed by atoms with E-state index in [0.29, 0.717) is 48.2 Å². The summed E-state index contributed by atoms with van der Waals surface area (Å²) in [5, 5.41) is 24.8. The molecule has 2 aliphatic carbocycles. The van der Waals surface area contributed by atoms with Crippen LogP contribution in [0.2, 0.25) is 0 Å². The number of nitrogens with zero attached hydrogens (tertiary/aromatic N) is 2. The van der Waals surface area contributed by atoms with Crippen LogP contribution in [0.4, 0.5) is 4.39 Å². The first kappa shape index (κ1) is 24.4. The number of halogens is 1. The zero-order valence-corrected chi connectivity index (χ0v) is 21.6. The molecular formula is C29H28FN3O6. The molecule has 0 saturated heterocycles. The summed E-state index contributed by atoms with van der Waals surface area (Å²) >= 11 is 0. The summed E-state index contributed by atoms with van der Waals surface area (Å²) in [5.41, 5.74) is 2.45. The van der Waals surface area contributed by atoms with Gasteiger partial charge in [-0.15, -0.1) is 0 Å². The smallest absolute Gasteiger partial charge is 0.343 e. The highest BCUT2D eigenvalue weighted by Gasteiger charge is 2.46. The van der Waals surface area contributed by atoms with Gasteiger partial charge < -0.3 is 24.8 Å². The molecule has 3 N–H and O–H groups in total. The first-order valence-electron chi connectivity index (χ1n) is 13.4. The van der Waals surface area contributed by atoms with Gasteiger partial charge in [0.2, 0.25) is 5.91 Å². The fourth-order valence-corrected chi connectivity index (χ4v) is 6.79. The van der Waals surface area contributed by atoms with E-state index in [1.807, 2.05) is 0 Å². The Balaban J connectivity index is 1.45. The van der Waals surface area contributed by atoms with Gasteiger partial charge in [0.1, 0.15) is 12.4 Å². The van der Waals surface area contributed by atoms with Gasteiger partial charge in [-0.25, -0.2) is 14.2 Å². The number of nitrogens with one attached hydrogen (secondary N) is 1. The van der Waals surface area contributed by atoms with Crippen LogP contribution in [0.25, 0.3) is 22.3 Å². The number of amides is 1. The third kappa shape index (κ3) is 3.24. The molecule has 202 valence electrons. The largest absolute Gasteiger partial charge is 0.458 e. The third-order valence-electron chi connectivity index (χ3n) is 9.18. The van der Waals surface area contributed by atoms with Crippen molar-refractivity contribution in [2.24, 2.45) is 5.92 Å². The van der Waals surface area contributed by atoms with Gasteiger partial charge >= 0.3 is 5.97 Å². The Kier molecular flexibility index (Phi) is 5.13. The quantitative estimate of drug-likeness (QED) is 0.345. The van der Waals surface area contributed by atoms with Crippen molar-refractivity contribution in [3.8, 4) is 11.4 Å². The van der Waals surface area contributed by atoms with Crippen LogP contribution in [0.3, 0.4) is 0 Å². The Morgan fingerprint density at radius 3 is 2.74 bits per heavy atom. The van der Waals surface area contributed by atoms with E-state index in [-0.39, 0.29) is 59.9 Å². The third-order valence-corrected chi connectivity index (χ3v) is 9.18. The normalized spacial score (nSPS) is 26.4. The highest BCUT2D eigenvalue weighted by atomic mass is 19.1. The highest BCUT2D eigenvalue weighted by molar-refractivity contribution is 5.94. The predicted molar refractivity (Wildman–Crippen MR) is 137 cm³/mol. The molecule has 0 bridgehead atoms. The van der Waals surface area contributed by atoms with Gasteiger partial charge in [0, 0.05) is 28.5 Å². The number of benzene rings is 1. The highest BCUT2D eigenvalue weighted by Crippen LogP contribution is 2.46. The number of hydrogen-bond donors (Lipinski definition) is 3. The number of carbonyl (C=O) groups excluding carboxylic acids is 2. The minimum Gasteiger partial charge on any atom is -0.458 e. The van der Waals surface area contributed by atoms with Crippen molar-refractivity contribution in [1.29, 1.82) is 0 Å². The number of ether oxygens (including phenoxy) is 1. The standard InChI is InChI=1S/C29H28FN3O6/c1-3-29(38)18-8-22-25-16(10-33(22)27(36)17(18)11-39-28(29)37)24-20(32-26(35)13-6-14(34)7-13)5-4-15-12(2)19(30)9-21(31-25)23(15)24/h8-9,13-14,20,34,38H,3-7,10-11H2,1-2H3,(H,32,35)/t13-,14+,20-,29-/m0/s1. The molecule has 10 heteroatoms. The van der Waals surface area contributed by atoms with Gasteiger partial charge in [-0.05, 0) is 61.8 Å². The zero-order valence-electron chi connectivity index (χ0n) is 21.6. The summed E-state index contributed by atoms with van der Waals surface area (Å²) in [6.45, 7) is 3.35. The van der Waals surface area contributed by atoms with E-state index in [0.717, 1.165) is 22.1 Å². The summed E-state index contributed by atoms with van der Waals surface area (Å²) in [7, 11) is 0. The number of esters is 1. The molecule has 2 atom stereocenters. The molecule has 1 fully saturated rings. The Hall–Kier alpha value is -3.63. The number of cyclic esters (lactones) is 1. The molecule has 2 aliphatic heterocycles. The number of rotatable bonds is 3. The molecule has 7 rings (SSSR count). The van der Waals surface area contributed by atoms with Crippen molar-refractivity contribution < 1.29 is 28.9 Å². The minimum absolute atomic E-state index is 0.0306. The lowest BCUT2D eigenvalue weighted by atomic mass is 9.79. The van der Waals surface area contributed by atoms with E-state index >= 15 is 4.39 Å². The van der Waals surface area contributed by atoms with Gasteiger partial charge in [-0.3, -0.25) is 9.59 Å². The van der Waals surface area contributed by atoms with Crippen LogP contribution in [0.5, 0.6) is 0 Å². The lowest BCUT2D eigenvalue weighted by Gasteiger charge is -2.34. The molecule has 1 aromatic carbocycles. The maximum atomic E-state index is 15.0. The van der Waals surface area contributed by atoms with Gasteiger partial charge in [-0.2, -0.15) is 0 Å². The van der Waals surface area contributed by atoms with Crippen molar-refractivity contribution >= 4 is 22.8 Å². The molecular weight excluding hydrogens is 505 g/mol. The molecule has 39 heavy (non-hydrogen) atoms. The molecule has 0 spiro atoms. The first-order chi connectivity index (χ1) is 18.6. The number of aliphatic hydroxyl groups is 2. The van der Waals surface area contributed by atoms with Gasteiger partial charge in [-0.1, -0.05) is 6.92 Å². The summed E-state index contributed by atoms with van der Waals surface area (Å²) in [6, 6.07) is 2.66. The molecule has 1 saturated carbocycles. The fraction of sp³-hybridized carbons (Fsp3) is 0.448. The molecule has 9 nitrogen and oxygen atoms in total. The van der Waals surface area contributed by atoms with Crippen LogP contribution >= 0.6 is 0 Å². The van der Waals surface area contributed by atoms with Crippen LogP contribution in [0.1, 0.15) is 72.0 Å². The van der Waals surface area contributed by atoms with Crippen molar-refractivity contribution in [3.05, 3.63) is 61.7 Å². The predicted octanol–water partition coefficient (Wildman–Crippen LogP) is 2.40. The average molecular weight is 534 g/mol. The Bertz CT molecular complexity index is 1690. The van der Waals surface area contributed by atoms with Gasteiger partial charge in [0.05, 0.1) is 41.2 Å². The average Bonchev–Trinajstić information content (AvgIpc) is 3.27. The Morgan fingerprint density at radius 1 is 1.26 bits per heavy atom. The Labute approximate surface area is 222 Å². The van der Waals surface area contributed by atoms with E-state index in [1.54, 1.807) is 24.5 Å². The van der Waals surface area contributed by atoms with Crippen LogP contribution in [-0.2, 0) is 39.5 Å². The molecule has 1 amide bonds. The van der Waals surface area contributed by atoms with Crippen LogP contribution in [-0.4, -0.2) is 37.7 Å². The van der Waals surface area contributed by atoms with Crippen LogP contribution in [0, 0.1) is 18.7 Å². The van der Waals surface area contributed by atoms with E-state index in [4.69, 9.17) is 9.72 Å². The number of pyridine rings is 2. The number of aromatic nitrogens is 2. The molecule has 3 aromatic rings. The van der Waals surface area contributed by atoms with Crippen molar-refractivity contribution in [2.45, 2.75) is 76.9 Å².